The molecule has 1 N–H and O–H groups in total. The van der Waals surface area contributed by atoms with E-state index in [1.54, 1.807) is 0 Å². The van der Waals surface area contributed by atoms with Crippen molar-refractivity contribution in [3.05, 3.63) is 71.8 Å². The number of benzene rings is 2. The van der Waals surface area contributed by atoms with Gasteiger partial charge in [0, 0.05) is 30.6 Å². The second kappa shape index (κ2) is 9.14. The van der Waals surface area contributed by atoms with Gasteiger partial charge in [0.1, 0.15) is 0 Å². The van der Waals surface area contributed by atoms with Crippen molar-refractivity contribution in [2.75, 3.05) is 19.6 Å². The van der Waals surface area contributed by atoms with E-state index in [1.165, 1.54) is 24.8 Å². The average Bonchev–Trinajstić information content (AvgIpc) is 2.73. The Bertz CT molecular complexity index is 756. The standard InChI is InChI=1S/C23H28N2OS/c1-23(17-19-11-5-2-6-12-19,22(27)25-15-9-4-10-16-25)18-24-21(26)20-13-7-3-8-14-20/h2-3,5-8,11-14H,4,9-10,15-18H2,1H3,(H,24,26). The summed E-state index contributed by atoms with van der Waals surface area (Å²) >= 11 is 5.95. The van der Waals surface area contributed by atoms with Crippen LogP contribution in [0.1, 0.15) is 42.1 Å². The minimum atomic E-state index is -0.293. The molecule has 0 saturated carbocycles. The van der Waals surface area contributed by atoms with Gasteiger partial charge in [0.25, 0.3) is 5.91 Å². The SMILES string of the molecule is CC(CNC(=O)c1ccccc1)(Cc1ccccc1)C(=S)N1CCCCC1. The van der Waals surface area contributed by atoms with E-state index < -0.39 is 0 Å². The first-order valence-electron chi connectivity index (χ1n) is 9.75. The van der Waals surface area contributed by atoms with Crippen LogP contribution in [0.15, 0.2) is 60.7 Å². The van der Waals surface area contributed by atoms with E-state index in [4.69, 9.17) is 12.2 Å². The van der Waals surface area contributed by atoms with Gasteiger partial charge >= 0.3 is 0 Å². The number of rotatable bonds is 6. The molecule has 1 atom stereocenters. The number of piperidine rings is 1. The van der Waals surface area contributed by atoms with Gasteiger partial charge in [-0.2, -0.15) is 0 Å². The fourth-order valence-electron chi connectivity index (χ4n) is 3.71. The Labute approximate surface area is 167 Å². The largest absolute Gasteiger partial charge is 0.366 e. The van der Waals surface area contributed by atoms with Crippen LogP contribution in [-0.2, 0) is 6.42 Å². The van der Waals surface area contributed by atoms with E-state index in [2.05, 4.69) is 41.4 Å². The highest BCUT2D eigenvalue weighted by atomic mass is 32.1. The Morgan fingerprint density at radius 1 is 1.00 bits per heavy atom. The van der Waals surface area contributed by atoms with E-state index in [0.29, 0.717) is 12.1 Å². The molecule has 1 unspecified atom stereocenters. The van der Waals surface area contributed by atoms with Gasteiger partial charge in [-0.3, -0.25) is 4.79 Å². The lowest BCUT2D eigenvalue weighted by molar-refractivity contribution is 0.0941. The Morgan fingerprint density at radius 2 is 1.59 bits per heavy atom. The zero-order chi connectivity index (χ0) is 19.1. The molecule has 1 heterocycles. The third kappa shape index (κ3) is 5.16. The maximum absolute atomic E-state index is 12.6. The molecule has 0 radical (unpaired) electrons. The smallest absolute Gasteiger partial charge is 0.251 e. The first-order valence-corrected chi connectivity index (χ1v) is 10.2. The van der Waals surface area contributed by atoms with Gasteiger partial charge in [-0.15, -0.1) is 0 Å². The summed E-state index contributed by atoms with van der Waals surface area (Å²) in [6, 6.07) is 19.8. The molecule has 1 aliphatic rings. The fraction of sp³-hybridized carbons (Fsp3) is 0.391. The van der Waals surface area contributed by atoms with Gasteiger partial charge in [-0.05, 0) is 43.4 Å². The van der Waals surface area contributed by atoms with Crippen molar-refractivity contribution in [1.82, 2.24) is 10.2 Å². The van der Waals surface area contributed by atoms with Crippen LogP contribution in [0.3, 0.4) is 0 Å². The molecule has 1 saturated heterocycles. The third-order valence-electron chi connectivity index (χ3n) is 5.27. The third-order valence-corrected chi connectivity index (χ3v) is 6.02. The number of hydrogen-bond acceptors (Lipinski definition) is 2. The van der Waals surface area contributed by atoms with Gasteiger partial charge in [0.2, 0.25) is 0 Å². The minimum absolute atomic E-state index is 0.0451. The van der Waals surface area contributed by atoms with Crippen LogP contribution < -0.4 is 5.32 Å². The van der Waals surface area contributed by atoms with E-state index in [1.807, 2.05) is 36.4 Å². The number of carbonyl (C=O) groups is 1. The average molecular weight is 381 g/mol. The quantitative estimate of drug-likeness (QED) is 0.750. The number of likely N-dealkylation sites (tertiary alicyclic amines) is 1. The van der Waals surface area contributed by atoms with Gasteiger partial charge in [-0.1, -0.05) is 67.7 Å². The summed E-state index contributed by atoms with van der Waals surface area (Å²) in [5.74, 6) is -0.0451. The number of nitrogens with zero attached hydrogens (tertiary/aromatic N) is 1. The van der Waals surface area contributed by atoms with Crippen molar-refractivity contribution in [3.63, 3.8) is 0 Å². The Kier molecular flexibility index (Phi) is 6.62. The van der Waals surface area contributed by atoms with Crippen LogP contribution in [0.4, 0.5) is 0 Å². The first kappa shape index (κ1) is 19.6. The second-order valence-corrected chi connectivity index (χ2v) is 8.01. The Morgan fingerprint density at radius 3 is 2.22 bits per heavy atom. The van der Waals surface area contributed by atoms with E-state index in [-0.39, 0.29) is 11.3 Å². The van der Waals surface area contributed by atoms with Crippen molar-refractivity contribution in [2.45, 2.75) is 32.6 Å². The van der Waals surface area contributed by atoms with Crippen molar-refractivity contribution < 1.29 is 4.79 Å². The Balaban J connectivity index is 1.76. The number of amides is 1. The van der Waals surface area contributed by atoms with Crippen LogP contribution >= 0.6 is 12.2 Å². The van der Waals surface area contributed by atoms with Crippen molar-refractivity contribution in [3.8, 4) is 0 Å². The zero-order valence-corrected chi connectivity index (χ0v) is 16.8. The molecule has 1 fully saturated rings. The maximum atomic E-state index is 12.6. The van der Waals surface area contributed by atoms with Gasteiger partial charge < -0.3 is 10.2 Å². The summed E-state index contributed by atoms with van der Waals surface area (Å²) in [5, 5.41) is 3.13. The summed E-state index contributed by atoms with van der Waals surface area (Å²) < 4.78 is 0. The molecule has 1 aliphatic heterocycles. The maximum Gasteiger partial charge on any atom is 0.251 e. The van der Waals surface area contributed by atoms with Crippen LogP contribution in [0, 0.1) is 5.41 Å². The monoisotopic (exact) mass is 380 g/mol. The highest BCUT2D eigenvalue weighted by Gasteiger charge is 2.34. The molecule has 27 heavy (non-hydrogen) atoms. The molecular formula is C23H28N2OS. The molecule has 2 aromatic rings. The van der Waals surface area contributed by atoms with Crippen molar-refractivity contribution >= 4 is 23.1 Å². The molecule has 3 nitrogen and oxygen atoms in total. The summed E-state index contributed by atoms with van der Waals surface area (Å²) in [4.78, 5) is 15.9. The predicted molar refractivity (Wildman–Crippen MR) is 115 cm³/mol. The Hall–Kier alpha value is -2.20. The fourth-order valence-corrected chi connectivity index (χ4v) is 4.03. The van der Waals surface area contributed by atoms with Gasteiger partial charge in [0.05, 0.1) is 4.99 Å². The lowest BCUT2D eigenvalue weighted by Gasteiger charge is -2.39. The van der Waals surface area contributed by atoms with Crippen LogP contribution in [0.5, 0.6) is 0 Å². The molecule has 0 spiro atoms. The molecule has 0 aromatic heterocycles. The summed E-state index contributed by atoms with van der Waals surface area (Å²) in [6.45, 7) is 4.76. The van der Waals surface area contributed by atoms with Crippen molar-refractivity contribution in [1.29, 1.82) is 0 Å². The number of thiocarbonyl (C=S) groups is 1. The molecule has 3 rings (SSSR count). The summed E-state index contributed by atoms with van der Waals surface area (Å²) in [5.41, 5.74) is 1.63. The molecule has 2 aromatic carbocycles. The number of carbonyl (C=O) groups excluding carboxylic acids is 1. The molecule has 1 amide bonds. The lowest BCUT2D eigenvalue weighted by Crippen LogP contribution is -2.50. The van der Waals surface area contributed by atoms with Crippen LogP contribution in [-0.4, -0.2) is 35.4 Å². The normalized spacial score (nSPS) is 16.4. The van der Waals surface area contributed by atoms with Crippen LogP contribution in [0.2, 0.25) is 0 Å². The predicted octanol–water partition coefficient (Wildman–Crippen LogP) is 4.48. The molecule has 0 bridgehead atoms. The summed E-state index contributed by atoms with van der Waals surface area (Å²) in [6.07, 6.45) is 4.48. The second-order valence-electron chi connectivity index (χ2n) is 7.62. The van der Waals surface area contributed by atoms with Gasteiger partial charge in [0.15, 0.2) is 0 Å². The molecular weight excluding hydrogens is 352 g/mol. The minimum Gasteiger partial charge on any atom is -0.366 e. The van der Waals surface area contributed by atoms with E-state index in [9.17, 15) is 4.79 Å². The van der Waals surface area contributed by atoms with Crippen LogP contribution in [0.25, 0.3) is 0 Å². The highest BCUT2D eigenvalue weighted by molar-refractivity contribution is 7.80. The topological polar surface area (TPSA) is 32.3 Å². The highest BCUT2D eigenvalue weighted by Crippen LogP contribution is 2.28. The molecule has 0 aliphatic carbocycles. The molecule has 142 valence electrons. The molecule has 4 heteroatoms. The zero-order valence-electron chi connectivity index (χ0n) is 16.0. The number of hydrogen-bond donors (Lipinski definition) is 1. The van der Waals surface area contributed by atoms with E-state index >= 15 is 0 Å². The van der Waals surface area contributed by atoms with Gasteiger partial charge in [-0.25, -0.2) is 0 Å². The lowest BCUT2D eigenvalue weighted by atomic mass is 9.82. The first-order chi connectivity index (χ1) is 13.1. The number of nitrogens with one attached hydrogen (secondary N) is 1. The van der Waals surface area contributed by atoms with Crippen molar-refractivity contribution in [2.24, 2.45) is 5.41 Å². The van der Waals surface area contributed by atoms with E-state index in [0.717, 1.165) is 24.5 Å². The summed E-state index contributed by atoms with van der Waals surface area (Å²) in [7, 11) is 0.